The van der Waals surface area contributed by atoms with E-state index in [0.717, 1.165) is 19.3 Å². The number of amides is 1. The number of nitrogens with one attached hydrogen (secondary N) is 1. The molecule has 98 valence electrons. The van der Waals surface area contributed by atoms with Crippen molar-refractivity contribution in [2.75, 3.05) is 0 Å². The van der Waals surface area contributed by atoms with Gasteiger partial charge in [-0.15, -0.1) is 0 Å². The van der Waals surface area contributed by atoms with Gasteiger partial charge in [0.25, 0.3) is 5.91 Å². The van der Waals surface area contributed by atoms with Gasteiger partial charge in [-0.3, -0.25) is 4.79 Å². The molecule has 2 nitrogen and oxygen atoms in total. The first-order chi connectivity index (χ1) is 8.38. The predicted octanol–water partition coefficient (Wildman–Crippen LogP) is 3.13. The number of halogens is 4. The number of rotatable bonds is 2. The zero-order chi connectivity index (χ0) is 13.3. The summed E-state index contributed by atoms with van der Waals surface area (Å²) in [5, 5.41) is 2.51. The fourth-order valence-electron chi connectivity index (χ4n) is 1.69. The lowest BCUT2D eigenvalue weighted by Gasteiger charge is -2.26. The van der Waals surface area contributed by atoms with Crippen LogP contribution in [0.3, 0.4) is 0 Å². The van der Waals surface area contributed by atoms with Gasteiger partial charge in [0.1, 0.15) is 5.82 Å². The van der Waals surface area contributed by atoms with Crippen molar-refractivity contribution in [3.63, 3.8) is 0 Å². The predicted molar refractivity (Wildman–Crippen MR) is 56.5 cm³/mol. The Hall–Kier alpha value is -1.59. The van der Waals surface area contributed by atoms with E-state index in [9.17, 15) is 22.4 Å². The second-order valence-electron chi connectivity index (χ2n) is 4.29. The Kier molecular flexibility index (Phi) is 3.28. The summed E-state index contributed by atoms with van der Waals surface area (Å²) < 4.78 is 50.7. The number of benzene rings is 1. The Bertz CT molecular complexity index is 466. The minimum absolute atomic E-state index is 0.0496. The highest BCUT2D eigenvalue weighted by atomic mass is 19.4. The van der Waals surface area contributed by atoms with Gasteiger partial charge in [-0.05, 0) is 37.5 Å². The van der Waals surface area contributed by atoms with Crippen molar-refractivity contribution in [3.05, 3.63) is 35.1 Å². The molecule has 1 N–H and O–H groups in total. The molecule has 1 aliphatic carbocycles. The highest BCUT2D eigenvalue weighted by Crippen LogP contribution is 2.30. The van der Waals surface area contributed by atoms with Gasteiger partial charge in [-0.25, -0.2) is 4.39 Å². The van der Waals surface area contributed by atoms with Gasteiger partial charge in [0.05, 0.1) is 11.1 Å². The van der Waals surface area contributed by atoms with Crippen LogP contribution in [-0.4, -0.2) is 11.9 Å². The van der Waals surface area contributed by atoms with Crippen LogP contribution >= 0.6 is 0 Å². The van der Waals surface area contributed by atoms with E-state index < -0.39 is 29.0 Å². The molecule has 18 heavy (non-hydrogen) atoms. The van der Waals surface area contributed by atoms with Gasteiger partial charge in [0, 0.05) is 6.04 Å². The van der Waals surface area contributed by atoms with E-state index in [1.54, 1.807) is 0 Å². The van der Waals surface area contributed by atoms with E-state index in [-0.39, 0.29) is 6.04 Å². The summed E-state index contributed by atoms with van der Waals surface area (Å²) >= 11 is 0. The standard InChI is InChI=1S/C12H11F4NO/c13-10-5-4-7(12(14,15)16)6-9(10)11(18)17-8-2-1-3-8/h4-6,8H,1-3H2,(H,17,18). The Balaban J connectivity index is 2.22. The molecule has 1 saturated carbocycles. The molecular weight excluding hydrogens is 250 g/mol. The molecule has 0 bridgehead atoms. The summed E-state index contributed by atoms with van der Waals surface area (Å²) in [6.45, 7) is 0. The van der Waals surface area contributed by atoms with Gasteiger partial charge >= 0.3 is 6.18 Å². The normalized spacial score (nSPS) is 16.2. The summed E-state index contributed by atoms with van der Waals surface area (Å²) in [6.07, 6.45) is -2.05. The van der Waals surface area contributed by atoms with Crippen molar-refractivity contribution in [3.8, 4) is 0 Å². The third-order valence-electron chi connectivity index (χ3n) is 2.98. The van der Waals surface area contributed by atoms with Crippen LogP contribution in [-0.2, 0) is 6.18 Å². The molecular formula is C12H11F4NO. The lowest BCUT2D eigenvalue weighted by atomic mass is 9.93. The highest BCUT2D eigenvalue weighted by Gasteiger charge is 2.32. The van der Waals surface area contributed by atoms with Crippen LogP contribution in [0.4, 0.5) is 17.6 Å². The Morgan fingerprint density at radius 1 is 1.28 bits per heavy atom. The van der Waals surface area contributed by atoms with E-state index in [2.05, 4.69) is 5.32 Å². The van der Waals surface area contributed by atoms with Crippen LogP contribution in [0.25, 0.3) is 0 Å². The van der Waals surface area contributed by atoms with Crippen LogP contribution in [0.15, 0.2) is 18.2 Å². The molecule has 6 heteroatoms. The Morgan fingerprint density at radius 3 is 2.44 bits per heavy atom. The molecule has 0 aromatic heterocycles. The Labute approximate surface area is 101 Å². The minimum atomic E-state index is -4.58. The summed E-state index contributed by atoms with van der Waals surface area (Å²) in [5.41, 5.74) is -1.58. The third kappa shape index (κ3) is 2.63. The van der Waals surface area contributed by atoms with Crippen LogP contribution in [0, 0.1) is 5.82 Å². The van der Waals surface area contributed by atoms with Crippen LogP contribution in [0.1, 0.15) is 35.2 Å². The second-order valence-corrected chi connectivity index (χ2v) is 4.29. The number of carbonyl (C=O) groups excluding carboxylic acids is 1. The minimum Gasteiger partial charge on any atom is -0.349 e. The first-order valence-electron chi connectivity index (χ1n) is 5.55. The quantitative estimate of drug-likeness (QED) is 0.814. The molecule has 1 fully saturated rings. The summed E-state index contributed by atoms with van der Waals surface area (Å²) in [4.78, 5) is 11.6. The van der Waals surface area contributed by atoms with Crippen LogP contribution < -0.4 is 5.32 Å². The van der Waals surface area contributed by atoms with Crippen molar-refractivity contribution >= 4 is 5.91 Å². The van der Waals surface area contributed by atoms with Gasteiger partial charge < -0.3 is 5.32 Å². The maximum atomic E-state index is 13.4. The van der Waals surface area contributed by atoms with E-state index in [1.807, 2.05) is 0 Å². The Morgan fingerprint density at radius 2 is 1.94 bits per heavy atom. The van der Waals surface area contributed by atoms with Crippen molar-refractivity contribution in [1.29, 1.82) is 0 Å². The number of alkyl halides is 3. The molecule has 0 saturated heterocycles. The van der Waals surface area contributed by atoms with Crippen molar-refractivity contribution < 1.29 is 22.4 Å². The highest BCUT2D eigenvalue weighted by molar-refractivity contribution is 5.94. The molecule has 0 aliphatic heterocycles. The summed E-state index contributed by atoms with van der Waals surface area (Å²) in [5.74, 6) is -1.73. The van der Waals surface area contributed by atoms with Crippen molar-refractivity contribution in [1.82, 2.24) is 5.32 Å². The molecule has 1 aromatic rings. The average molecular weight is 261 g/mol. The molecule has 1 aromatic carbocycles. The number of carbonyl (C=O) groups is 1. The van der Waals surface area contributed by atoms with Gasteiger partial charge in [-0.1, -0.05) is 0 Å². The fraction of sp³-hybridized carbons (Fsp3) is 0.417. The molecule has 0 spiro atoms. The maximum absolute atomic E-state index is 13.4. The zero-order valence-electron chi connectivity index (χ0n) is 9.35. The number of hydrogen-bond donors (Lipinski definition) is 1. The monoisotopic (exact) mass is 261 g/mol. The lowest BCUT2D eigenvalue weighted by molar-refractivity contribution is -0.137. The fourth-order valence-corrected chi connectivity index (χ4v) is 1.69. The summed E-state index contributed by atoms with van der Waals surface area (Å²) in [7, 11) is 0. The van der Waals surface area contributed by atoms with Crippen LogP contribution in [0.2, 0.25) is 0 Å². The van der Waals surface area contributed by atoms with E-state index >= 15 is 0 Å². The van der Waals surface area contributed by atoms with Crippen molar-refractivity contribution in [2.45, 2.75) is 31.5 Å². The average Bonchev–Trinajstić information content (AvgIpc) is 2.22. The molecule has 0 radical (unpaired) electrons. The molecule has 0 unspecified atom stereocenters. The van der Waals surface area contributed by atoms with E-state index in [1.165, 1.54) is 0 Å². The molecule has 0 heterocycles. The van der Waals surface area contributed by atoms with Gasteiger partial charge in [0.15, 0.2) is 0 Å². The van der Waals surface area contributed by atoms with Crippen LogP contribution in [0.5, 0.6) is 0 Å². The largest absolute Gasteiger partial charge is 0.416 e. The third-order valence-corrected chi connectivity index (χ3v) is 2.98. The van der Waals surface area contributed by atoms with Gasteiger partial charge in [-0.2, -0.15) is 13.2 Å². The first kappa shape index (κ1) is 12.9. The SMILES string of the molecule is O=C(NC1CCC1)c1cc(C(F)(F)F)ccc1F. The second kappa shape index (κ2) is 4.59. The molecule has 2 rings (SSSR count). The molecule has 0 atom stereocenters. The molecule has 1 amide bonds. The van der Waals surface area contributed by atoms with E-state index in [4.69, 9.17) is 0 Å². The molecule has 1 aliphatic rings. The summed E-state index contributed by atoms with van der Waals surface area (Å²) in [6, 6.07) is 1.78. The maximum Gasteiger partial charge on any atom is 0.416 e. The first-order valence-corrected chi connectivity index (χ1v) is 5.55. The topological polar surface area (TPSA) is 29.1 Å². The zero-order valence-corrected chi connectivity index (χ0v) is 9.35. The van der Waals surface area contributed by atoms with Gasteiger partial charge in [0.2, 0.25) is 0 Å². The number of hydrogen-bond acceptors (Lipinski definition) is 1. The lowest BCUT2D eigenvalue weighted by Crippen LogP contribution is -2.39. The smallest absolute Gasteiger partial charge is 0.349 e. The van der Waals surface area contributed by atoms with E-state index in [0.29, 0.717) is 18.2 Å². The van der Waals surface area contributed by atoms with Crippen molar-refractivity contribution in [2.24, 2.45) is 0 Å².